The molecule has 0 fully saturated rings. The maximum Gasteiger partial charge on any atom is 0.207 e. The lowest BCUT2D eigenvalue weighted by molar-refractivity contribution is 0.306. The number of anilines is 1. The van der Waals surface area contributed by atoms with Gasteiger partial charge in [-0.15, -0.1) is 11.3 Å². The number of halogens is 2. The average Bonchev–Trinajstić information content (AvgIpc) is 3.62. The van der Waals surface area contributed by atoms with Crippen molar-refractivity contribution in [3.8, 4) is 17.0 Å². The Morgan fingerprint density at radius 1 is 0.868 bits per heavy atom. The van der Waals surface area contributed by atoms with Crippen molar-refractivity contribution in [2.45, 2.75) is 19.1 Å². The van der Waals surface area contributed by atoms with Crippen molar-refractivity contribution in [1.29, 1.82) is 0 Å². The third-order valence-corrected chi connectivity index (χ3v) is 8.04. The zero-order valence-electron chi connectivity index (χ0n) is 20.3. The molecule has 0 amide bonds. The second-order valence-electron chi connectivity index (χ2n) is 8.98. The van der Waals surface area contributed by atoms with Crippen molar-refractivity contribution in [2.24, 2.45) is 5.10 Å². The SMILES string of the molecule is Clc1ccc(-c2csc(N3N=C(c4ccc(Br)cc4)CC3c3ccc(OCc4ccccc4)cc3)n2)cc1. The third kappa shape index (κ3) is 5.53. The first-order valence-electron chi connectivity index (χ1n) is 12.2. The molecule has 0 aliphatic carbocycles. The van der Waals surface area contributed by atoms with Crippen molar-refractivity contribution in [1.82, 2.24) is 4.98 Å². The van der Waals surface area contributed by atoms with Crippen LogP contribution in [-0.4, -0.2) is 10.7 Å². The Labute approximate surface area is 239 Å². The smallest absolute Gasteiger partial charge is 0.207 e. The van der Waals surface area contributed by atoms with Crippen LogP contribution >= 0.6 is 38.9 Å². The highest BCUT2D eigenvalue weighted by Crippen LogP contribution is 2.40. The molecule has 0 saturated carbocycles. The number of ether oxygens (including phenoxy) is 1. The molecule has 1 atom stereocenters. The van der Waals surface area contributed by atoms with Crippen LogP contribution in [0, 0.1) is 0 Å². The van der Waals surface area contributed by atoms with Crippen LogP contribution in [0.1, 0.15) is 29.2 Å². The van der Waals surface area contributed by atoms with E-state index >= 15 is 0 Å². The van der Waals surface area contributed by atoms with E-state index in [1.807, 2.05) is 54.6 Å². The van der Waals surface area contributed by atoms with E-state index in [4.69, 9.17) is 26.4 Å². The molecule has 5 aromatic rings. The Kier molecular flexibility index (Phi) is 7.27. The Morgan fingerprint density at radius 2 is 1.58 bits per heavy atom. The van der Waals surface area contributed by atoms with Gasteiger partial charge in [-0.3, -0.25) is 0 Å². The van der Waals surface area contributed by atoms with Crippen LogP contribution in [0.15, 0.2) is 118 Å². The molecule has 1 aromatic heterocycles. The molecule has 0 spiro atoms. The van der Waals surface area contributed by atoms with E-state index in [1.54, 1.807) is 11.3 Å². The van der Waals surface area contributed by atoms with E-state index < -0.39 is 0 Å². The van der Waals surface area contributed by atoms with Gasteiger partial charge in [-0.2, -0.15) is 5.10 Å². The molecule has 1 aliphatic heterocycles. The standard InChI is InChI=1S/C31H23BrClN3OS/c32-25-12-6-22(7-13-25)28-18-30(24-10-16-27(17-11-24)37-19-21-4-2-1-3-5-21)36(35-28)31-34-29(20-38-31)23-8-14-26(33)15-9-23/h1-17,20,30H,18-19H2. The van der Waals surface area contributed by atoms with Gasteiger partial charge in [-0.05, 0) is 53.1 Å². The van der Waals surface area contributed by atoms with Crippen molar-refractivity contribution < 1.29 is 4.74 Å². The molecular weight excluding hydrogens is 578 g/mol. The van der Waals surface area contributed by atoms with Gasteiger partial charge in [0.15, 0.2) is 0 Å². The summed E-state index contributed by atoms with van der Waals surface area (Å²) in [6, 6.07) is 34.6. The summed E-state index contributed by atoms with van der Waals surface area (Å²) in [5.41, 5.74) is 6.40. The zero-order valence-corrected chi connectivity index (χ0v) is 23.5. The van der Waals surface area contributed by atoms with E-state index in [9.17, 15) is 0 Å². The van der Waals surface area contributed by atoms with E-state index in [0.29, 0.717) is 11.6 Å². The minimum atomic E-state index is 0.0287. The molecule has 2 heterocycles. The Hall–Kier alpha value is -3.45. The van der Waals surface area contributed by atoms with Crippen LogP contribution in [0.3, 0.4) is 0 Å². The van der Waals surface area contributed by atoms with Crippen molar-refractivity contribution in [3.63, 3.8) is 0 Å². The lowest BCUT2D eigenvalue weighted by Gasteiger charge is -2.21. The Bertz CT molecular complexity index is 1550. The topological polar surface area (TPSA) is 37.7 Å². The molecular formula is C31H23BrClN3OS. The summed E-state index contributed by atoms with van der Waals surface area (Å²) in [7, 11) is 0. The molecule has 4 nitrogen and oxygen atoms in total. The van der Waals surface area contributed by atoms with Crippen molar-refractivity contribution >= 4 is 49.7 Å². The van der Waals surface area contributed by atoms with Crippen LogP contribution in [0.5, 0.6) is 5.75 Å². The van der Waals surface area contributed by atoms with Gasteiger partial charge in [0.2, 0.25) is 5.13 Å². The first-order valence-corrected chi connectivity index (χ1v) is 14.3. The summed E-state index contributed by atoms with van der Waals surface area (Å²) >= 11 is 11.2. The summed E-state index contributed by atoms with van der Waals surface area (Å²) in [6.07, 6.45) is 0.779. The van der Waals surface area contributed by atoms with Crippen molar-refractivity contribution in [2.75, 3.05) is 5.01 Å². The number of hydrogen-bond acceptors (Lipinski definition) is 5. The molecule has 188 valence electrons. The number of hydrazone groups is 1. The van der Waals surface area contributed by atoms with Crippen LogP contribution in [-0.2, 0) is 6.61 Å². The van der Waals surface area contributed by atoms with Crippen LogP contribution < -0.4 is 9.75 Å². The predicted octanol–water partition coefficient (Wildman–Crippen LogP) is 9.16. The second-order valence-corrected chi connectivity index (χ2v) is 11.2. The molecule has 7 heteroatoms. The number of benzene rings is 4. The van der Waals surface area contributed by atoms with E-state index in [2.05, 4.69) is 74.8 Å². The monoisotopic (exact) mass is 599 g/mol. The maximum absolute atomic E-state index is 6.09. The molecule has 38 heavy (non-hydrogen) atoms. The van der Waals surface area contributed by atoms with Gasteiger partial charge in [-0.1, -0.05) is 94.3 Å². The minimum Gasteiger partial charge on any atom is -0.489 e. The zero-order chi connectivity index (χ0) is 25.9. The largest absolute Gasteiger partial charge is 0.489 e. The van der Waals surface area contributed by atoms with Crippen LogP contribution in [0.2, 0.25) is 5.02 Å². The molecule has 4 aromatic carbocycles. The molecule has 1 unspecified atom stereocenters. The van der Waals surface area contributed by atoms with Gasteiger partial charge in [0, 0.05) is 26.9 Å². The molecule has 6 rings (SSSR count). The number of hydrogen-bond donors (Lipinski definition) is 0. The molecule has 0 radical (unpaired) electrons. The lowest BCUT2D eigenvalue weighted by Crippen LogP contribution is -2.18. The van der Waals surface area contributed by atoms with E-state index in [-0.39, 0.29) is 6.04 Å². The van der Waals surface area contributed by atoms with Gasteiger partial charge in [0.1, 0.15) is 12.4 Å². The van der Waals surface area contributed by atoms with Gasteiger partial charge < -0.3 is 4.74 Å². The maximum atomic E-state index is 6.09. The van der Waals surface area contributed by atoms with E-state index in [0.717, 1.165) is 55.4 Å². The van der Waals surface area contributed by atoms with Crippen LogP contribution in [0.4, 0.5) is 5.13 Å². The molecule has 0 saturated heterocycles. The summed E-state index contributed by atoms with van der Waals surface area (Å²) in [5, 5.41) is 10.8. The Balaban J connectivity index is 1.27. The fraction of sp³-hybridized carbons (Fsp3) is 0.0968. The molecule has 1 aliphatic rings. The van der Waals surface area contributed by atoms with Gasteiger partial charge in [-0.25, -0.2) is 9.99 Å². The fourth-order valence-corrected chi connectivity index (χ4v) is 5.64. The van der Waals surface area contributed by atoms with Gasteiger partial charge in [0.05, 0.1) is 17.4 Å². The average molecular weight is 601 g/mol. The predicted molar refractivity (Wildman–Crippen MR) is 160 cm³/mol. The summed E-state index contributed by atoms with van der Waals surface area (Å²) in [4.78, 5) is 4.95. The summed E-state index contributed by atoms with van der Waals surface area (Å²) in [5.74, 6) is 0.843. The molecule has 0 N–H and O–H groups in total. The summed E-state index contributed by atoms with van der Waals surface area (Å²) in [6.45, 7) is 0.541. The number of rotatable bonds is 7. The van der Waals surface area contributed by atoms with Gasteiger partial charge >= 0.3 is 0 Å². The quantitative estimate of drug-likeness (QED) is 0.187. The minimum absolute atomic E-state index is 0.0287. The van der Waals surface area contributed by atoms with Crippen LogP contribution in [0.25, 0.3) is 11.3 Å². The lowest BCUT2D eigenvalue weighted by atomic mass is 9.98. The van der Waals surface area contributed by atoms with Crippen molar-refractivity contribution in [3.05, 3.63) is 135 Å². The normalized spacial score (nSPS) is 14.9. The molecule has 0 bridgehead atoms. The highest BCUT2D eigenvalue weighted by molar-refractivity contribution is 9.10. The fourth-order valence-electron chi connectivity index (χ4n) is 4.41. The third-order valence-electron chi connectivity index (χ3n) is 6.43. The van der Waals surface area contributed by atoms with Gasteiger partial charge in [0.25, 0.3) is 0 Å². The second kappa shape index (κ2) is 11.1. The first-order chi connectivity index (χ1) is 18.6. The highest BCUT2D eigenvalue weighted by Gasteiger charge is 2.32. The first kappa shape index (κ1) is 24.9. The number of thiazole rings is 1. The number of aromatic nitrogens is 1. The van der Waals surface area contributed by atoms with E-state index in [1.165, 1.54) is 0 Å². The number of nitrogens with zero attached hydrogens (tertiary/aromatic N) is 3. The summed E-state index contributed by atoms with van der Waals surface area (Å²) < 4.78 is 7.07. The Morgan fingerprint density at radius 3 is 2.32 bits per heavy atom. The highest BCUT2D eigenvalue weighted by atomic mass is 79.9.